The molecule has 23 heavy (non-hydrogen) atoms. The highest BCUT2D eigenvalue weighted by Crippen LogP contribution is 2.32. The normalized spacial score (nSPS) is 11.3. The number of carboxylic acids is 1. The van der Waals surface area contributed by atoms with Crippen LogP contribution in [0.5, 0.6) is 0 Å². The first-order valence-corrected chi connectivity index (χ1v) is 6.70. The molecular weight excluding hydrogens is 335 g/mol. The van der Waals surface area contributed by atoms with E-state index in [0.29, 0.717) is 10.6 Å². The van der Waals surface area contributed by atoms with Crippen LogP contribution in [0, 0.1) is 0 Å². The molecule has 1 aromatic carbocycles. The number of carbonyl (C=O) groups is 1. The first-order valence-electron chi connectivity index (χ1n) is 6.32. The van der Waals surface area contributed by atoms with Crippen LogP contribution in [0.3, 0.4) is 0 Å². The number of benzene rings is 1. The van der Waals surface area contributed by atoms with E-state index in [0.717, 1.165) is 11.0 Å². The lowest BCUT2D eigenvalue weighted by molar-refractivity contribution is -0.141. The fourth-order valence-corrected chi connectivity index (χ4v) is 2.01. The number of hydrogen-bond acceptors (Lipinski definition) is 4. The van der Waals surface area contributed by atoms with Gasteiger partial charge >= 0.3 is 12.1 Å². The molecule has 0 aliphatic carbocycles. The topological polar surface area (TPSA) is 66.3 Å². The Balaban J connectivity index is 2.56. The van der Waals surface area contributed by atoms with Crippen LogP contribution in [0.2, 0.25) is 5.02 Å². The maximum atomic E-state index is 13.0. The molecule has 9 heteroatoms. The largest absolute Gasteiger partial charge is 0.480 e. The van der Waals surface area contributed by atoms with Crippen molar-refractivity contribution in [2.24, 2.45) is 0 Å². The van der Waals surface area contributed by atoms with Crippen molar-refractivity contribution >= 4 is 23.5 Å². The van der Waals surface area contributed by atoms with Crippen molar-refractivity contribution in [3.63, 3.8) is 0 Å². The quantitative estimate of drug-likeness (QED) is 0.920. The lowest BCUT2D eigenvalue weighted by Crippen LogP contribution is -2.28. The fourth-order valence-electron chi connectivity index (χ4n) is 1.82. The van der Waals surface area contributed by atoms with Gasteiger partial charge in [0, 0.05) is 17.6 Å². The molecule has 0 spiro atoms. The minimum atomic E-state index is -4.69. The van der Waals surface area contributed by atoms with Gasteiger partial charge in [-0.1, -0.05) is 23.7 Å². The molecule has 0 fully saturated rings. The minimum Gasteiger partial charge on any atom is -0.480 e. The number of aliphatic carboxylic acids is 1. The lowest BCUT2D eigenvalue weighted by Gasteiger charge is -2.17. The Bertz CT molecular complexity index is 737. The summed E-state index contributed by atoms with van der Waals surface area (Å²) in [6.07, 6.45) is -4.69. The molecule has 0 radical (unpaired) electrons. The zero-order valence-corrected chi connectivity index (χ0v) is 12.6. The predicted octanol–water partition coefficient (Wildman–Crippen LogP) is 3.34. The predicted molar refractivity (Wildman–Crippen MR) is 78.4 cm³/mol. The first kappa shape index (κ1) is 17.0. The summed E-state index contributed by atoms with van der Waals surface area (Å²) < 4.78 is 39.1. The maximum Gasteiger partial charge on any atom is 0.433 e. The number of carboxylic acid groups (broad SMARTS) is 1. The van der Waals surface area contributed by atoms with Gasteiger partial charge in [-0.2, -0.15) is 13.2 Å². The molecule has 1 N–H and O–H groups in total. The summed E-state index contributed by atoms with van der Waals surface area (Å²) in [5.41, 5.74) is -0.785. The monoisotopic (exact) mass is 345 g/mol. The van der Waals surface area contributed by atoms with Crippen molar-refractivity contribution in [1.29, 1.82) is 0 Å². The molecule has 5 nitrogen and oxygen atoms in total. The number of rotatable bonds is 4. The van der Waals surface area contributed by atoms with Gasteiger partial charge in [0.1, 0.15) is 6.54 Å². The van der Waals surface area contributed by atoms with Gasteiger partial charge in [-0.05, 0) is 18.2 Å². The van der Waals surface area contributed by atoms with Crippen molar-refractivity contribution in [3.05, 3.63) is 41.0 Å². The fraction of sp³-hybridized carbons (Fsp3) is 0.214. The Labute approximate surface area is 134 Å². The SMILES string of the molecule is CN(CC(=O)O)c1nc(-c2cccc(Cl)c2)cc(C(F)(F)F)n1. The molecule has 0 amide bonds. The average Bonchev–Trinajstić information content (AvgIpc) is 2.45. The van der Waals surface area contributed by atoms with Crippen molar-refractivity contribution in [2.75, 3.05) is 18.5 Å². The number of likely N-dealkylation sites (N-methyl/N-ethyl adjacent to an activating group) is 1. The third-order valence-electron chi connectivity index (χ3n) is 2.84. The molecule has 1 aromatic heterocycles. The number of anilines is 1. The molecule has 122 valence electrons. The number of alkyl halides is 3. The Kier molecular flexibility index (Phi) is 4.74. The highest BCUT2D eigenvalue weighted by atomic mass is 35.5. The molecule has 0 saturated heterocycles. The average molecular weight is 346 g/mol. The van der Waals surface area contributed by atoms with Crippen molar-refractivity contribution in [1.82, 2.24) is 9.97 Å². The second kappa shape index (κ2) is 6.41. The molecule has 2 aromatic rings. The standard InChI is InChI=1S/C14H11ClF3N3O2/c1-21(7-12(22)23)13-19-10(6-11(20-13)14(16,17)18)8-3-2-4-9(15)5-8/h2-6H,7H2,1H3,(H,22,23). The summed E-state index contributed by atoms with van der Waals surface area (Å²) in [4.78, 5) is 19.2. The van der Waals surface area contributed by atoms with E-state index in [4.69, 9.17) is 16.7 Å². The number of hydrogen-bond donors (Lipinski definition) is 1. The van der Waals surface area contributed by atoms with Crippen molar-refractivity contribution < 1.29 is 23.1 Å². The minimum absolute atomic E-state index is 0.00191. The van der Waals surface area contributed by atoms with Crippen LogP contribution >= 0.6 is 11.6 Å². The Morgan fingerprint density at radius 3 is 2.57 bits per heavy atom. The van der Waals surface area contributed by atoms with Crippen LogP contribution in [0.1, 0.15) is 5.69 Å². The van der Waals surface area contributed by atoms with E-state index in [1.807, 2.05) is 0 Å². The van der Waals surface area contributed by atoms with E-state index in [1.54, 1.807) is 18.2 Å². The zero-order chi connectivity index (χ0) is 17.2. The Hall–Kier alpha value is -2.35. The van der Waals surface area contributed by atoms with E-state index < -0.39 is 24.4 Å². The van der Waals surface area contributed by atoms with Gasteiger partial charge in [0.15, 0.2) is 5.69 Å². The van der Waals surface area contributed by atoms with Gasteiger partial charge in [0.2, 0.25) is 5.95 Å². The smallest absolute Gasteiger partial charge is 0.433 e. The van der Waals surface area contributed by atoms with Crippen LogP contribution in [-0.4, -0.2) is 34.6 Å². The zero-order valence-electron chi connectivity index (χ0n) is 11.8. The van der Waals surface area contributed by atoms with Gasteiger partial charge in [0.05, 0.1) is 5.69 Å². The Morgan fingerprint density at radius 1 is 1.30 bits per heavy atom. The van der Waals surface area contributed by atoms with Crippen LogP contribution in [0.15, 0.2) is 30.3 Å². The first-order chi connectivity index (χ1) is 10.7. The molecule has 0 saturated carbocycles. The van der Waals surface area contributed by atoms with Gasteiger partial charge in [-0.25, -0.2) is 9.97 Å². The molecular formula is C14H11ClF3N3O2. The van der Waals surface area contributed by atoms with Crippen molar-refractivity contribution in [2.45, 2.75) is 6.18 Å². The highest BCUT2D eigenvalue weighted by Gasteiger charge is 2.34. The molecule has 1 heterocycles. The second-order valence-corrected chi connectivity index (χ2v) is 5.13. The van der Waals surface area contributed by atoms with Crippen molar-refractivity contribution in [3.8, 4) is 11.3 Å². The molecule has 0 unspecified atom stereocenters. The van der Waals surface area contributed by atoms with E-state index in [1.165, 1.54) is 13.1 Å². The van der Waals surface area contributed by atoms with Gasteiger partial charge in [-0.15, -0.1) is 0 Å². The van der Waals surface area contributed by atoms with Crippen LogP contribution in [0.4, 0.5) is 19.1 Å². The number of nitrogens with zero attached hydrogens (tertiary/aromatic N) is 3. The summed E-state index contributed by atoms with van der Waals surface area (Å²) >= 11 is 5.84. The summed E-state index contributed by atoms with van der Waals surface area (Å²) in [6.45, 7) is -0.531. The van der Waals surface area contributed by atoms with Crippen LogP contribution in [0.25, 0.3) is 11.3 Å². The third kappa shape index (κ3) is 4.32. The Morgan fingerprint density at radius 2 is 2.00 bits per heavy atom. The molecule has 2 rings (SSSR count). The van der Waals surface area contributed by atoms with E-state index in [9.17, 15) is 18.0 Å². The van der Waals surface area contributed by atoms with Crippen LogP contribution < -0.4 is 4.90 Å². The summed E-state index contributed by atoms with van der Waals surface area (Å²) in [5, 5.41) is 9.10. The van der Waals surface area contributed by atoms with Gasteiger partial charge < -0.3 is 10.0 Å². The van der Waals surface area contributed by atoms with Gasteiger partial charge in [0.25, 0.3) is 0 Å². The highest BCUT2D eigenvalue weighted by molar-refractivity contribution is 6.30. The van der Waals surface area contributed by atoms with E-state index >= 15 is 0 Å². The lowest BCUT2D eigenvalue weighted by atomic mass is 10.1. The second-order valence-electron chi connectivity index (χ2n) is 4.70. The maximum absolute atomic E-state index is 13.0. The van der Waals surface area contributed by atoms with E-state index in [-0.39, 0.29) is 11.6 Å². The summed E-state index contributed by atoms with van der Waals surface area (Å²) in [5.74, 6) is -1.55. The third-order valence-corrected chi connectivity index (χ3v) is 3.07. The molecule has 0 aliphatic heterocycles. The molecule has 0 bridgehead atoms. The van der Waals surface area contributed by atoms with Gasteiger partial charge in [-0.3, -0.25) is 4.79 Å². The molecule has 0 atom stereocenters. The number of aromatic nitrogens is 2. The molecule has 0 aliphatic rings. The summed E-state index contributed by atoms with van der Waals surface area (Å²) in [6, 6.07) is 6.96. The summed E-state index contributed by atoms with van der Waals surface area (Å²) in [7, 11) is 1.30. The number of halogens is 4. The van der Waals surface area contributed by atoms with E-state index in [2.05, 4.69) is 9.97 Å². The van der Waals surface area contributed by atoms with Crippen LogP contribution in [-0.2, 0) is 11.0 Å².